The van der Waals surface area contributed by atoms with E-state index in [2.05, 4.69) is 20.7 Å². The average Bonchev–Trinajstić information content (AvgIpc) is 2.45. The predicted molar refractivity (Wildman–Crippen MR) is 89.5 cm³/mol. The zero-order chi connectivity index (χ0) is 15.5. The summed E-state index contributed by atoms with van der Waals surface area (Å²) in [7, 11) is -3.56. The Morgan fingerprint density at radius 3 is 2.57 bits per heavy atom. The van der Waals surface area contributed by atoms with Gasteiger partial charge in [-0.2, -0.15) is 0 Å². The second kappa shape index (κ2) is 7.11. The standard InChI is InChI=1S/C15H23BrN2O2S/c1-2-14(11-6-4-3-5-7-11)18-21(19,20)15-9-8-12(16)10-13(15)17/h8-11,14,18H,2-7,17H2,1H3. The molecule has 1 unspecified atom stereocenters. The first-order valence-electron chi connectivity index (χ1n) is 7.51. The Kier molecular flexibility index (Phi) is 5.68. The molecule has 0 radical (unpaired) electrons. The lowest BCUT2D eigenvalue weighted by molar-refractivity contribution is 0.285. The van der Waals surface area contributed by atoms with Crippen LogP contribution in [0.25, 0.3) is 0 Å². The Balaban J connectivity index is 2.18. The number of nitrogens with two attached hydrogens (primary N) is 1. The summed E-state index contributed by atoms with van der Waals surface area (Å²) in [6.45, 7) is 2.03. The molecule has 3 N–H and O–H groups in total. The number of nitrogens with one attached hydrogen (secondary N) is 1. The quantitative estimate of drug-likeness (QED) is 0.772. The lowest BCUT2D eigenvalue weighted by atomic mass is 9.83. The summed E-state index contributed by atoms with van der Waals surface area (Å²) < 4.78 is 28.8. The van der Waals surface area contributed by atoms with Gasteiger partial charge in [0.2, 0.25) is 10.0 Å². The molecular weight excluding hydrogens is 352 g/mol. The van der Waals surface area contributed by atoms with Gasteiger partial charge in [0, 0.05) is 10.5 Å². The fourth-order valence-electron chi connectivity index (χ4n) is 3.08. The third-order valence-electron chi connectivity index (χ3n) is 4.23. The topological polar surface area (TPSA) is 72.2 Å². The highest BCUT2D eigenvalue weighted by atomic mass is 79.9. The van der Waals surface area contributed by atoms with Crippen molar-refractivity contribution in [3.63, 3.8) is 0 Å². The molecule has 118 valence electrons. The molecule has 6 heteroatoms. The van der Waals surface area contributed by atoms with Gasteiger partial charge in [0.05, 0.1) is 5.69 Å². The van der Waals surface area contributed by atoms with Crippen molar-refractivity contribution in [2.45, 2.75) is 56.4 Å². The van der Waals surface area contributed by atoms with Crippen molar-refractivity contribution in [3.8, 4) is 0 Å². The summed E-state index contributed by atoms with van der Waals surface area (Å²) in [6.07, 6.45) is 6.68. The lowest BCUT2D eigenvalue weighted by Crippen LogP contribution is -2.40. The van der Waals surface area contributed by atoms with Crippen LogP contribution < -0.4 is 10.5 Å². The second-order valence-electron chi connectivity index (χ2n) is 5.72. The maximum atomic E-state index is 12.6. The zero-order valence-electron chi connectivity index (χ0n) is 12.3. The molecule has 21 heavy (non-hydrogen) atoms. The Morgan fingerprint density at radius 2 is 2.00 bits per heavy atom. The zero-order valence-corrected chi connectivity index (χ0v) is 14.7. The van der Waals surface area contributed by atoms with Gasteiger partial charge >= 0.3 is 0 Å². The van der Waals surface area contributed by atoms with E-state index in [1.807, 2.05) is 6.92 Å². The van der Waals surface area contributed by atoms with Crippen LogP contribution in [-0.2, 0) is 10.0 Å². The number of nitrogen functional groups attached to an aromatic ring is 1. The van der Waals surface area contributed by atoms with Gasteiger partial charge in [0.15, 0.2) is 0 Å². The number of sulfonamides is 1. The minimum Gasteiger partial charge on any atom is -0.398 e. The molecule has 0 aliphatic heterocycles. The molecule has 2 rings (SSSR count). The number of anilines is 1. The van der Waals surface area contributed by atoms with Crippen molar-refractivity contribution in [3.05, 3.63) is 22.7 Å². The van der Waals surface area contributed by atoms with Gasteiger partial charge in [0.25, 0.3) is 0 Å². The molecule has 0 bridgehead atoms. The van der Waals surface area contributed by atoms with Crippen molar-refractivity contribution in [2.75, 3.05) is 5.73 Å². The van der Waals surface area contributed by atoms with E-state index in [1.165, 1.54) is 19.3 Å². The largest absolute Gasteiger partial charge is 0.398 e. The first-order valence-corrected chi connectivity index (χ1v) is 9.79. The SMILES string of the molecule is CCC(NS(=O)(=O)c1ccc(Br)cc1N)C1CCCCC1. The molecule has 1 atom stereocenters. The molecule has 1 fully saturated rings. The van der Waals surface area contributed by atoms with E-state index in [0.29, 0.717) is 5.92 Å². The maximum absolute atomic E-state index is 12.6. The van der Waals surface area contributed by atoms with Gasteiger partial charge in [-0.1, -0.05) is 42.1 Å². The van der Waals surface area contributed by atoms with E-state index in [4.69, 9.17) is 5.73 Å². The Morgan fingerprint density at radius 1 is 1.33 bits per heavy atom. The molecule has 0 heterocycles. The van der Waals surface area contributed by atoms with E-state index >= 15 is 0 Å². The molecule has 1 aromatic carbocycles. The fourth-order valence-corrected chi connectivity index (χ4v) is 4.96. The molecule has 0 amide bonds. The van der Waals surface area contributed by atoms with Gasteiger partial charge < -0.3 is 5.73 Å². The van der Waals surface area contributed by atoms with Crippen molar-refractivity contribution in [2.24, 2.45) is 5.92 Å². The minimum absolute atomic E-state index is 0.00153. The van der Waals surface area contributed by atoms with Crippen LogP contribution in [0.15, 0.2) is 27.6 Å². The molecule has 0 spiro atoms. The van der Waals surface area contributed by atoms with Crippen molar-refractivity contribution < 1.29 is 8.42 Å². The molecule has 4 nitrogen and oxygen atoms in total. The molecule has 1 aromatic rings. The molecule has 0 aromatic heterocycles. The number of hydrogen-bond donors (Lipinski definition) is 2. The summed E-state index contributed by atoms with van der Waals surface area (Å²) in [4.78, 5) is 0.167. The summed E-state index contributed by atoms with van der Waals surface area (Å²) in [5, 5.41) is 0. The van der Waals surface area contributed by atoms with E-state index in [1.54, 1.807) is 18.2 Å². The van der Waals surface area contributed by atoms with Crippen LogP contribution in [0.4, 0.5) is 5.69 Å². The smallest absolute Gasteiger partial charge is 0.242 e. The van der Waals surface area contributed by atoms with Crippen molar-refractivity contribution in [1.82, 2.24) is 4.72 Å². The van der Waals surface area contributed by atoms with Crippen LogP contribution in [0, 0.1) is 5.92 Å². The third-order valence-corrected chi connectivity index (χ3v) is 6.28. The average molecular weight is 375 g/mol. The normalized spacial score (nSPS) is 18.6. The van der Waals surface area contributed by atoms with Gasteiger partial charge in [-0.15, -0.1) is 0 Å². The Hall–Kier alpha value is -0.590. The maximum Gasteiger partial charge on any atom is 0.242 e. The first kappa shape index (κ1) is 16.8. The summed E-state index contributed by atoms with van der Waals surface area (Å²) >= 11 is 3.29. The van der Waals surface area contributed by atoms with Gasteiger partial charge in [-0.05, 0) is 43.4 Å². The van der Waals surface area contributed by atoms with Crippen molar-refractivity contribution in [1.29, 1.82) is 0 Å². The lowest BCUT2D eigenvalue weighted by Gasteiger charge is -2.30. The van der Waals surface area contributed by atoms with Crippen LogP contribution in [0.1, 0.15) is 45.4 Å². The summed E-state index contributed by atoms with van der Waals surface area (Å²) in [5.74, 6) is 0.440. The molecule has 1 aliphatic carbocycles. The molecule has 0 saturated heterocycles. The summed E-state index contributed by atoms with van der Waals surface area (Å²) in [6, 6.07) is 4.87. The highest BCUT2D eigenvalue weighted by Crippen LogP contribution is 2.29. The van der Waals surface area contributed by atoms with Crippen LogP contribution >= 0.6 is 15.9 Å². The number of rotatable bonds is 5. The monoisotopic (exact) mass is 374 g/mol. The van der Waals surface area contributed by atoms with Crippen LogP contribution in [-0.4, -0.2) is 14.5 Å². The third kappa shape index (κ3) is 4.20. The second-order valence-corrected chi connectivity index (χ2v) is 8.31. The van der Waals surface area contributed by atoms with Crippen molar-refractivity contribution >= 4 is 31.6 Å². The predicted octanol–water partition coefficient (Wildman–Crippen LogP) is 3.67. The fraction of sp³-hybridized carbons (Fsp3) is 0.600. The highest BCUT2D eigenvalue weighted by molar-refractivity contribution is 9.10. The number of benzene rings is 1. The minimum atomic E-state index is -3.56. The van der Waals surface area contributed by atoms with Gasteiger partial charge in [0.1, 0.15) is 4.90 Å². The highest BCUT2D eigenvalue weighted by Gasteiger charge is 2.28. The first-order chi connectivity index (χ1) is 9.94. The Bertz CT molecular complexity index is 583. The summed E-state index contributed by atoms with van der Waals surface area (Å²) in [5.41, 5.74) is 6.13. The van der Waals surface area contributed by atoms with Crippen LogP contribution in [0.2, 0.25) is 0 Å². The number of halogens is 1. The number of hydrogen-bond acceptors (Lipinski definition) is 3. The van der Waals surface area contributed by atoms with Gasteiger partial charge in [-0.25, -0.2) is 13.1 Å². The van der Waals surface area contributed by atoms with Crippen LogP contribution in [0.3, 0.4) is 0 Å². The molecule has 1 aliphatic rings. The van der Waals surface area contributed by atoms with Crippen LogP contribution in [0.5, 0.6) is 0 Å². The van der Waals surface area contributed by atoms with E-state index in [-0.39, 0.29) is 16.6 Å². The Labute approximate surface area is 135 Å². The van der Waals surface area contributed by atoms with Gasteiger partial charge in [-0.3, -0.25) is 0 Å². The van der Waals surface area contributed by atoms with E-state index < -0.39 is 10.0 Å². The molecular formula is C15H23BrN2O2S. The molecule has 1 saturated carbocycles. The van der Waals surface area contributed by atoms with E-state index in [0.717, 1.165) is 23.7 Å². The van der Waals surface area contributed by atoms with E-state index in [9.17, 15) is 8.42 Å².